The lowest BCUT2D eigenvalue weighted by Crippen LogP contribution is -2.14. The Morgan fingerprint density at radius 1 is 1.46 bits per heavy atom. The van der Waals surface area contributed by atoms with Crippen molar-refractivity contribution in [1.29, 1.82) is 0 Å². The van der Waals surface area contributed by atoms with Crippen LogP contribution in [0.1, 0.15) is 13.3 Å². The summed E-state index contributed by atoms with van der Waals surface area (Å²) in [6, 6.07) is 9.35. The number of hydrogen-bond donors (Lipinski definition) is 0. The maximum atomic E-state index is 10.5. The van der Waals surface area contributed by atoms with Gasteiger partial charge in [-0.2, -0.15) is 0 Å². The molecule has 0 aliphatic heterocycles. The highest BCUT2D eigenvalue weighted by molar-refractivity contribution is 6.63. The SMILES string of the molecule is CC(CC(=O)Cl)Oc1ccccc1. The van der Waals surface area contributed by atoms with Crippen LogP contribution in [0.3, 0.4) is 0 Å². The van der Waals surface area contributed by atoms with Crippen molar-refractivity contribution in [2.75, 3.05) is 0 Å². The van der Waals surface area contributed by atoms with Gasteiger partial charge in [-0.1, -0.05) is 18.2 Å². The number of para-hydroxylation sites is 1. The summed E-state index contributed by atoms with van der Waals surface area (Å²) in [6.07, 6.45) is 0.0589. The van der Waals surface area contributed by atoms with Crippen LogP contribution in [0.4, 0.5) is 0 Å². The van der Waals surface area contributed by atoms with Crippen molar-refractivity contribution in [3.8, 4) is 5.75 Å². The Labute approximate surface area is 82.5 Å². The van der Waals surface area contributed by atoms with E-state index in [0.717, 1.165) is 5.75 Å². The number of ether oxygens (including phenoxy) is 1. The van der Waals surface area contributed by atoms with E-state index in [4.69, 9.17) is 16.3 Å². The van der Waals surface area contributed by atoms with Gasteiger partial charge in [0.25, 0.3) is 0 Å². The summed E-state index contributed by atoms with van der Waals surface area (Å²) in [5.41, 5.74) is 0. The highest BCUT2D eigenvalue weighted by atomic mass is 35.5. The molecule has 1 rings (SSSR count). The van der Waals surface area contributed by atoms with Crippen molar-refractivity contribution < 1.29 is 9.53 Å². The van der Waals surface area contributed by atoms with Gasteiger partial charge in [-0.3, -0.25) is 4.79 Å². The lowest BCUT2D eigenvalue weighted by Gasteiger charge is -2.11. The predicted molar refractivity (Wildman–Crippen MR) is 52.0 cm³/mol. The van der Waals surface area contributed by atoms with Crippen LogP contribution in [0.2, 0.25) is 0 Å². The molecule has 0 saturated carbocycles. The van der Waals surface area contributed by atoms with Crippen LogP contribution in [0.25, 0.3) is 0 Å². The number of halogens is 1. The molecule has 0 aromatic heterocycles. The smallest absolute Gasteiger partial charge is 0.225 e. The van der Waals surface area contributed by atoms with Crippen LogP contribution >= 0.6 is 11.6 Å². The number of hydrogen-bond acceptors (Lipinski definition) is 2. The van der Waals surface area contributed by atoms with E-state index in [0.29, 0.717) is 0 Å². The fourth-order valence-corrected chi connectivity index (χ4v) is 1.22. The van der Waals surface area contributed by atoms with Crippen LogP contribution in [-0.4, -0.2) is 11.3 Å². The van der Waals surface area contributed by atoms with E-state index in [-0.39, 0.29) is 17.8 Å². The standard InChI is InChI=1S/C10H11ClO2/c1-8(7-10(11)12)13-9-5-3-2-4-6-9/h2-6,8H,7H2,1H3. The minimum atomic E-state index is -0.372. The molecule has 0 spiro atoms. The van der Waals surface area contributed by atoms with Crippen LogP contribution in [-0.2, 0) is 4.79 Å². The van der Waals surface area contributed by atoms with E-state index in [1.165, 1.54) is 0 Å². The second kappa shape index (κ2) is 4.87. The minimum absolute atomic E-state index is 0.174. The highest BCUT2D eigenvalue weighted by Gasteiger charge is 2.07. The molecule has 0 aliphatic carbocycles. The Morgan fingerprint density at radius 3 is 2.62 bits per heavy atom. The normalized spacial score (nSPS) is 12.2. The van der Waals surface area contributed by atoms with Crippen molar-refractivity contribution in [1.82, 2.24) is 0 Å². The average Bonchev–Trinajstić information content (AvgIpc) is 2.04. The first-order valence-electron chi connectivity index (χ1n) is 4.08. The third-order valence-corrected chi connectivity index (χ3v) is 1.68. The summed E-state index contributed by atoms with van der Waals surface area (Å²) in [4.78, 5) is 10.5. The van der Waals surface area contributed by atoms with Gasteiger partial charge in [-0.05, 0) is 30.7 Å². The van der Waals surface area contributed by atoms with Crippen LogP contribution in [0.5, 0.6) is 5.75 Å². The topological polar surface area (TPSA) is 26.3 Å². The van der Waals surface area contributed by atoms with Crippen LogP contribution < -0.4 is 4.74 Å². The van der Waals surface area contributed by atoms with Gasteiger partial charge in [0.2, 0.25) is 5.24 Å². The van der Waals surface area contributed by atoms with Crippen molar-refractivity contribution in [2.24, 2.45) is 0 Å². The van der Waals surface area contributed by atoms with Crippen LogP contribution in [0, 0.1) is 0 Å². The van der Waals surface area contributed by atoms with E-state index in [2.05, 4.69) is 0 Å². The van der Waals surface area contributed by atoms with E-state index in [9.17, 15) is 4.79 Å². The third-order valence-electron chi connectivity index (χ3n) is 1.53. The summed E-state index contributed by atoms with van der Waals surface area (Å²) in [5, 5.41) is -0.372. The molecule has 1 aromatic rings. The molecule has 0 fully saturated rings. The Balaban J connectivity index is 2.45. The first kappa shape index (κ1) is 10.1. The molecule has 2 nitrogen and oxygen atoms in total. The molecule has 3 heteroatoms. The van der Waals surface area contributed by atoms with Gasteiger partial charge in [0.05, 0.1) is 6.42 Å². The Bertz CT molecular complexity index is 272. The molecule has 1 atom stereocenters. The fourth-order valence-electron chi connectivity index (χ4n) is 0.999. The molecule has 0 bridgehead atoms. The summed E-state index contributed by atoms with van der Waals surface area (Å²) >= 11 is 5.22. The fraction of sp³-hybridized carbons (Fsp3) is 0.300. The molecule has 0 heterocycles. The molecular formula is C10H11ClO2. The Kier molecular flexibility index (Phi) is 3.77. The molecule has 0 radical (unpaired) electrons. The average molecular weight is 199 g/mol. The zero-order valence-electron chi connectivity index (χ0n) is 7.37. The maximum absolute atomic E-state index is 10.5. The molecule has 13 heavy (non-hydrogen) atoms. The van der Waals surface area contributed by atoms with Crippen LogP contribution in [0.15, 0.2) is 30.3 Å². The monoisotopic (exact) mass is 198 g/mol. The second-order valence-corrected chi connectivity index (χ2v) is 3.22. The summed E-state index contributed by atoms with van der Waals surface area (Å²) in [6.45, 7) is 1.81. The van der Waals surface area contributed by atoms with Crippen molar-refractivity contribution in [3.63, 3.8) is 0 Å². The zero-order valence-corrected chi connectivity index (χ0v) is 8.12. The molecule has 0 N–H and O–H groups in total. The van der Waals surface area contributed by atoms with E-state index in [1.54, 1.807) is 0 Å². The quantitative estimate of drug-likeness (QED) is 0.696. The molecule has 70 valence electrons. The zero-order chi connectivity index (χ0) is 9.68. The third kappa shape index (κ3) is 3.95. The van der Waals surface area contributed by atoms with Gasteiger partial charge in [0.15, 0.2) is 0 Å². The van der Waals surface area contributed by atoms with E-state index < -0.39 is 0 Å². The van der Waals surface area contributed by atoms with E-state index in [1.807, 2.05) is 37.3 Å². The highest BCUT2D eigenvalue weighted by Crippen LogP contribution is 2.12. The van der Waals surface area contributed by atoms with Gasteiger partial charge >= 0.3 is 0 Å². The second-order valence-electron chi connectivity index (χ2n) is 2.80. The molecule has 1 unspecified atom stereocenters. The number of rotatable bonds is 4. The molecular weight excluding hydrogens is 188 g/mol. The number of carbonyl (C=O) groups is 1. The summed E-state index contributed by atoms with van der Waals surface area (Å²) in [7, 11) is 0. The van der Waals surface area contributed by atoms with Gasteiger partial charge < -0.3 is 4.74 Å². The summed E-state index contributed by atoms with van der Waals surface area (Å²) < 4.78 is 5.42. The molecule has 1 aromatic carbocycles. The van der Waals surface area contributed by atoms with E-state index >= 15 is 0 Å². The minimum Gasteiger partial charge on any atom is -0.490 e. The number of carbonyl (C=O) groups excluding carboxylic acids is 1. The molecule has 0 amide bonds. The lowest BCUT2D eigenvalue weighted by molar-refractivity contribution is -0.112. The predicted octanol–water partition coefficient (Wildman–Crippen LogP) is 2.61. The van der Waals surface area contributed by atoms with Gasteiger partial charge in [0.1, 0.15) is 11.9 Å². The first-order valence-corrected chi connectivity index (χ1v) is 4.46. The van der Waals surface area contributed by atoms with Crippen molar-refractivity contribution >= 4 is 16.8 Å². The first-order chi connectivity index (χ1) is 6.18. The lowest BCUT2D eigenvalue weighted by atomic mass is 10.3. The molecule has 0 aliphatic rings. The molecule has 0 saturated heterocycles. The largest absolute Gasteiger partial charge is 0.490 e. The van der Waals surface area contributed by atoms with Crippen molar-refractivity contribution in [3.05, 3.63) is 30.3 Å². The maximum Gasteiger partial charge on any atom is 0.225 e. The van der Waals surface area contributed by atoms with Gasteiger partial charge in [0, 0.05) is 0 Å². The number of benzene rings is 1. The van der Waals surface area contributed by atoms with Gasteiger partial charge in [-0.25, -0.2) is 0 Å². The van der Waals surface area contributed by atoms with Crippen molar-refractivity contribution in [2.45, 2.75) is 19.4 Å². The Morgan fingerprint density at radius 2 is 2.08 bits per heavy atom. The summed E-state index contributed by atoms with van der Waals surface area (Å²) in [5.74, 6) is 0.757. The Hall–Kier alpha value is -1.02. The van der Waals surface area contributed by atoms with Gasteiger partial charge in [-0.15, -0.1) is 0 Å².